The SMILES string of the molecule is O=C(/C=C/c1ccccc1Cl)NC(=S)Nc1ccc(OCc2ccccc2)cc1. The number of amides is 1. The number of nitrogens with one attached hydrogen (secondary N) is 2. The molecule has 0 heterocycles. The minimum Gasteiger partial charge on any atom is -0.489 e. The van der Waals surface area contributed by atoms with Crippen molar-refractivity contribution in [3.63, 3.8) is 0 Å². The van der Waals surface area contributed by atoms with E-state index in [1.54, 1.807) is 12.1 Å². The molecule has 0 aliphatic heterocycles. The van der Waals surface area contributed by atoms with E-state index in [0.29, 0.717) is 11.6 Å². The Bertz CT molecular complexity index is 1000. The second-order valence-corrected chi connectivity index (χ2v) is 6.91. The molecule has 0 atom stereocenters. The quantitative estimate of drug-likeness (QED) is 0.410. The predicted octanol–water partition coefficient (Wildman–Crippen LogP) is 5.45. The van der Waals surface area contributed by atoms with Gasteiger partial charge in [-0.2, -0.15) is 0 Å². The van der Waals surface area contributed by atoms with Crippen molar-refractivity contribution in [2.75, 3.05) is 5.32 Å². The molecule has 3 rings (SSSR count). The van der Waals surface area contributed by atoms with E-state index in [-0.39, 0.29) is 11.0 Å². The molecule has 4 nitrogen and oxygen atoms in total. The summed E-state index contributed by atoms with van der Waals surface area (Å²) in [4.78, 5) is 12.0. The fourth-order valence-corrected chi connectivity index (χ4v) is 2.88. The monoisotopic (exact) mass is 422 g/mol. The number of hydrogen-bond acceptors (Lipinski definition) is 3. The van der Waals surface area contributed by atoms with Crippen LogP contribution in [0.1, 0.15) is 11.1 Å². The van der Waals surface area contributed by atoms with Crippen LogP contribution in [0.3, 0.4) is 0 Å². The number of carbonyl (C=O) groups excluding carboxylic acids is 1. The molecule has 0 bridgehead atoms. The molecule has 0 saturated heterocycles. The Morgan fingerprint density at radius 2 is 1.66 bits per heavy atom. The summed E-state index contributed by atoms with van der Waals surface area (Å²) in [6, 6.07) is 24.6. The average molecular weight is 423 g/mol. The molecule has 0 aliphatic carbocycles. The fourth-order valence-electron chi connectivity index (χ4n) is 2.47. The van der Waals surface area contributed by atoms with E-state index in [0.717, 1.165) is 22.6 Å². The smallest absolute Gasteiger partial charge is 0.250 e. The summed E-state index contributed by atoms with van der Waals surface area (Å²) in [5.41, 5.74) is 2.61. The molecule has 0 saturated carbocycles. The van der Waals surface area contributed by atoms with Gasteiger partial charge in [0.05, 0.1) is 0 Å². The highest BCUT2D eigenvalue weighted by atomic mass is 35.5. The van der Waals surface area contributed by atoms with E-state index in [1.165, 1.54) is 6.08 Å². The summed E-state index contributed by atoms with van der Waals surface area (Å²) in [5.74, 6) is 0.405. The third-order valence-electron chi connectivity index (χ3n) is 3.92. The van der Waals surface area contributed by atoms with Crippen molar-refractivity contribution in [1.82, 2.24) is 5.32 Å². The maximum atomic E-state index is 12.0. The van der Waals surface area contributed by atoms with Gasteiger partial charge >= 0.3 is 0 Å². The van der Waals surface area contributed by atoms with Gasteiger partial charge in [-0.15, -0.1) is 0 Å². The number of ether oxygens (including phenoxy) is 1. The molecule has 2 N–H and O–H groups in total. The minimum atomic E-state index is -0.342. The number of anilines is 1. The molecule has 0 unspecified atom stereocenters. The van der Waals surface area contributed by atoms with Crippen LogP contribution in [0.2, 0.25) is 5.02 Å². The molecule has 0 spiro atoms. The molecule has 29 heavy (non-hydrogen) atoms. The van der Waals surface area contributed by atoms with E-state index in [4.69, 9.17) is 28.6 Å². The first-order valence-corrected chi connectivity index (χ1v) is 9.70. The summed E-state index contributed by atoms with van der Waals surface area (Å²) in [5, 5.41) is 6.35. The molecule has 0 fully saturated rings. The van der Waals surface area contributed by atoms with Gasteiger partial charge in [-0.3, -0.25) is 10.1 Å². The van der Waals surface area contributed by atoms with Crippen molar-refractivity contribution in [3.8, 4) is 5.75 Å². The Hall–Kier alpha value is -3.15. The standard InChI is InChI=1S/C23H19ClN2O2S/c24-21-9-5-4-8-18(21)10-15-22(27)26-23(29)25-19-11-13-20(14-12-19)28-16-17-6-2-1-3-7-17/h1-15H,16H2,(H2,25,26,27,29)/b15-10+. The van der Waals surface area contributed by atoms with Crippen LogP contribution < -0.4 is 15.4 Å². The first-order chi connectivity index (χ1) is 14.1. The highest BCUT2D eigenvalue weighted by Gasteiger charge is 2.03. The lowest BCUT2D eigenvalue weighted by molar-refractivity contribution is -0.115. The summed E-state index contributed by atoms with van der Waals surface area (Å²) in [7, 11) is 0. The van der Waals surface area contributed by atoms with Crippen LogP contribution in [-0.4, -0.2) is 11.0 Å². The van der Waals surface area contributed by atoms with Crippen LogP contribution in [0.5, 0.6) is 5.75 Å². The highest BCUT2D eigenvalue weighted by Crippen LogP contribution is 2.17. The molecule has 1 amide bonds. The third-order valence-corrected chi connectivity index (χ3v) is 4.47. The highest BCUT2D eigenvalue weighted by molar-refractivity contribution is 7.80. The normalized spacial score (nSPS) is 10.5. The largest absolute Gasteiger partial charge is 0.489 e. The first kappa shape index (κ1) is 20.6. The van der Waals surface area contributed by atoms with Crippen LogP contribution in [0.25, 0.3) is 6.08 Å². The Labute approximate surface area is 180 Å². The van der Waals surface area contributed by atoms with Crippen LogP contribution in [0.4, 0.5) is 5.69 Å². The predicted molar refractivity (Wildman–Crippen MR) is 122 cm³/mol. The number of hydrogen-bond donors (Lipinski definition) is 2. The number of thiocarbonyl (C=S) groups is 1. The number of rotatable bonds is 6. The second-order valence-electron chi connectivity index (χ2n) is 6.10. The molecule has 6 heteroatoms. The zero-order valence-electron chi connectivity index (χ0n) is 15.5. The van der Waals surface area contributed by atoms with Gasteiger partial charge < -0.3 is 10.1 Å². The lowest BCUT2D eigenvalue weighted by atomic mass is 10.2. The van der Waals surface area contributed by atoms with Crippen molar-refractivity contribution >= 4 is 46.6 Å². The number of benzene rings is 3. The van der Waals surface area contributed by atoms with Gasteiger partial charge in [-0.1, -0.05) is 60.1 Å². The minimum absolute atomic E-state index is 0.205. The van der Waals surface area contributed by atoms with Gasteiger partial charge in [0.2, 0.25) is 5.91 Å². The Morgan fingerprint density at radius 3 is 2.38 bits per heavy atom. The Morgan fingerprint density at radius 1 is 0.966 bits per heavy atom. The van der Waals surface area contributed by atoms with Gasteiger partial charge in [0.25, 0.3) is 0 Å². The Kier molecular flexibility index (Phi) is 7.39. The number of carbonyl (C=O) groups is 1. The maximum Gasteiger partial charge on any atom is 0.250 e. The van der Waals surface area contributed by atoms with E-state index in [9.17, 15) is 4.79 Å². The summed E-state index contributed by atoms with van der Waals surface area (Å²) in [6.45, 7) is 0.500. The van der Waals surface area contributed by atoms with Crippen LogP contribution in [0, 0.1) is 0 Å². The topological polar surface area (TPSA) is 50.4 Å². The van der Waals surface area contributed by atoms with Gasteiger partial charge in [0.1, 0.15) is 12.4 Å². The summed E-state index contributed by atoms with van der Waals surface area (Å²) >= 11 is 11.2. The fraction of sp³-hybridized carbons (Fsp3) is 0.0435. The molecular formula is C23H19ClN2O2S. The van der Waals surface area contributed by atoms with Crippen molar-refractivity contribution in [2.45, 2.75) is 6.61 Å². The van der Waals surface area contributed by atoms with Crippen molar-refractivity contribution in [1.29, 1.82) is 0 Å². The van der Waals surface area contributed by atoms with E-state index in [1.807, 2.05) is 72.8 Å². The molecule has 0 aliphatic rings. The molecule has 0 aromatic heterocycles. The van der Waals surface area contributed by atoms with Gasteiger partial charge in [-0.25, -0.2) is 0 Å². The molecule has 146 valence electrons. The number of halogens is 1. The molecule has 3 aromatic rings. The zero-order chi connectivity index (χ0) is 20.5. The first-order valence-electron chi connectivity index (χ1n) is 8.91. The zero-order valence-corrected chi connectivity index (χ0v) is 17.0. The summed E-state index contributed by atoms with van der Waals surface area (Å²) in [6.07, 6.45) is 3.02. The van der Waals surface area contributed by atoms with E-state index < -0.39 is 0 Å². The molecular weight excluding hydrogens is 404 g/mol. The van der Waals surface area contributed by atoms with E-state index >= 15 is 0 Å². The van der Waals surface area contributed by atoms with Crippen LogP contribution in [-0.2, 0) is 11.4 Å². The average Bonchev–Trinajstić information content (AvgIpc) is 2.73. The van der Waals surface area contributed by atoms with Crippen LogP contribution >= 0.6 is 23.8 Å². The van der Waals surface area contributed by atoms with Crippen molar-refractivity contribution in [3.05, 3.63) is 101 Å². The summed E-state index contributed by atoms with van der Waals surface area (Å²) < 4.78 is 5.75. The van der Waals surface area contributed by atoms with Crippen LogP contribution in [0.15, 0.2) is 84.9 Å². The van der Waals surface area contributed by atoms with Gasteiger partial charge in [-0.05, 0) is 59.8 Å². The van der Waals surface area contributed by atoms with Gasteiger partial charge in [0.15, 0.2) is 5.11 Å². The lowest BCUT2D eigenvalue weighted by Gasteiger charge is -2.10. The van der Waals surface area contributed by atoms with Crippen molar-refractivity contribution in [2.24, 2.45) is 0 Å². The van der Waals surface area contributed by atoms with E-state index in [2.05, 4.69) is 10.6 Å². The maximum absolute atomic E-state index is 12.0. The van der Waals surface area contributed by atoms with Crippen molar-refractivity contribution < 1.29 is 9.53 Å². The molecule has 0 radical (unpaired) electrons. The lowest BCUT2D eigenvalue weighted by Crippen LogP contribution is -2.32. The Balaban J connectivity index is 1.47. The molecule has 3 aromatic carbocycles. The van der Waals surface area contributed by atoms with Gasteiger partial charge in [0, 0.05) is 16.8 Å². The second kappa shape index (κ2) is 10.4. The third kappa shape index (κ3) is 6.75.